The number of fused-ring (bicyclic) bond motifs is 1. The second-order valence-corrected chi connectivity index (χ2v) is 6.57. The molecule has 2 atom stereocenters. The van der Waals surface area contributed by atoms with Crippen LogP contribution in [0.5, 0.6) is 0 Å². The number of nitrogens with two attached hydrogens (primary N) is 1. The lowest BCUT2D eigenvalue weighted by Crippen LogP contribution is -2.43. The number of thiol groups is 1. The number of amides is 2. The zero-order valence-corrected chi connectivity index (χ0v) is 15.7. The van der Waals surface area contributed by atoms with E-state index in [1.807, 2.05) is 30.5 Å². The summed E-state index contributed by atoms with van der Waals surface area (Å²) in [5.74, 6) is -1.80. The van der Waals surface area contributed by atoms with Crippen LogP contribution in [0.1, 0.15) is 18.4 Å². The lowest BCUT2D eigenvalue weighted by Gasteiger charge is -2.13. The van der Waals surface area contributed by atoms with E-state index in [0.29, 0.717) is 12.8 Å². The van der Waals surface area contributed by atoms with Crippen molar-refractivity contribution in [3.63, 3.8) is 0 Å². The van der Waals surface area contributed by atoms with E-state index < -0.39 is 24.0 Å². The molecular formula is C18H24N4O4S. The molecule has 0 aliphatic carbocycles. The van der Waals surface area contributed by atoms with Gasteiger partial charge in [-0.25, -0.2) is 4.79 Å². The van der Waals surface area contributed by atoms with E-state index in [-0.39, 0.29) is 24.6 Å². The number of benzene rings is 1. The molecule has 0 aliphatic heterocycles. The highest BCUT2D eigenvalue weighted by molar-refractivity contribution is 7.80. The van der Waals surface area contributed by atoms with Crippen molar-refractivity contribution >= 4 is 41.3 Å². The molecule has 0 unspecified atom stereocenters. The lowest BCUT2D eigenvalue weighted by atomic mass is 10.1. The third-order valence-corrected chi connectivity index (χ3v) is 4.51. The zero-order chi connectivity index (χ0) is 19.8. The molecular weight excluding hydrogens is 368 g/mol. The van der Waals surface area contributed by atoms with Crippen LogP contribution in [0.25, 0.3) is 10.9 Å². The number of aliphatic carboxylic acids is 1. The van der Waals surface area contributed by atoms with Crippen LogP contribution in [0, 0.1) is 0 Å². The van der Waals surface area contributed by atoms with Crippen molar-refractivity contribution in [3.05, 3.63) is 36.0 Å². The van der Waals surface area contributed by atoms with Crippen LogP contribution in [0.4, 0.5) is 0 Å². The van der Waals surface area contributed by atoms with Crippen LogP contribution in [0.15, 0.2) is 30.5 Å². The number of H-pyrrole nitrogens is 1. The summed E-state index contributed by atoms with van der Waals surface area (Å²) in [5, 5.41) is 15.0. The summed E-state index contributed by atoms with van der Waals surface area (Å²) in [4.78, 5) is 37.8. The minimum Gasteiger partial charge on any atom is -0.480 e. The molecule has 1 aromatic carbocycles. The number of rotatable bonds is 10. The number of carboxylic acids is 1. The van der Waals surface area contributed by atoms with Crippen LogP contribution < -0.4 is 16.4 Å². The number of aromatic nitrogens is 1. The van der Waals surface area contributed by atoms with Crippen LogP contribution in [-0.4, -0.2) is 52.3 Å². The molecule has 1 aromatic heterocycles. The molecule has 0 saturated carbocycles. The highest BCUT2D eigenvalue weighted by atomic mass is 32.1. The molecule has 2 aromatic rings. The van der Waals surface area contributed by atoms with E-state index in [4.69, 9.17) is 10.8 Å². The first-order chi connectivity index (χ1) is 12.9. The second kappa shape index (κ2) is 9.98. The number of hydrogen-bond acceptors (Lipinski definition) is 5. The Hall–Kier alpha value is -2.52. The SMILES string of the molecule is N[C@@H](Cc1c[nH]c2ccccc12)C(=O)NCCCC(=O)N[C@@H](CS)C(=O)O. The van der Waals surface area contributed by atoms with Gasteiger partial charge in [-0.3, -0.25) is 9.59 Å². The molecule has 146 valence electrons. The topological polar surface area (TPSA) is 137 Å². The van der Waals surface area contributed by atoms with E-state index in [2.05, 4.69) is 28.2 Å². The van der Waals surface area contributed by atoms with Crippen molar-refractivity contribution < 1.29 is 19.5 Å². The minimum absolute atomic E-state index is 0.0144. The Bertz CT molecular complexity index is 808. The van der Waals surface area contributed by atoms with Crippen molar-refractivity contribution in [2.45, 2.75) is 31.3 Å². The quantitative estimate of drug-likeness (QED) is 0.257. The highest BCUT2D eigenvalue weighted by Gasteiger charge is 2.18. The Balaban J connectivity index is 1.72. The predicted octanol–water partition coefficient (Wildman–Crippen LogP) is 0.433. The summed E-state index contributed by atoms with van der Waals surface area (Å²) in [7, 11) is 0. The highest BCUT2D eigenvalue weighted by Crippen LogP contribution is 2.18. The maximum Gasteiger partial charge on any atom is 0.327 e. The number of nitrogens with one attached hydrogen (secondary N) is 3. The molecule has 0 fully saturated rings. The average Bonchev–Trinajstić information content (AvgIpc) is 3.05. The van der Waals surface area contributed by atoms with E-state index in [9.17, 15) is 14.4 Å². The van der Waals surface area contributed by atoms with Crippen LogP contribution >= 0.6 is 12.6 Å². The summed E-state index contributed by atoms with van der Waals surface area (Å²) >= 11 is 3.88. The van der Waals surface area contributed by atoms with Gasteiger partial charge in [0.05, 0.1) is 6.04 Å². The monoisotopic (exact) mass is 392 g/mol. The number of carboxylic acid groups (broad SMARTS) is 1. The first kappa shape index (κ1) is 20.8. The number of carbonyl (C=O) groups excluding carboxylic acids is 2. The van der Waals surface area contributed by atoms with Crippen molar-refractivity contribution in [2.75, 3.05) is 12.3 Å². The van der Waals surface area contributed by atoms with Gasteiger partial charge in [0.1, 0.15) is 6.04 Å². The smallest absolute Gasteiger partial charge is 0.327 e. The second-order valence-electron chi connectivity index (χ2n) is 6.21. The van der Waals surface area contributed by atoms with Gasteiger partial charge in [0.25, 0.3) is 0 Å². The Morgan fingerprint density at radius 2 is 2.00 bits per heavy atom. The summed E-state index contributed by atoms with van der Waals surface area (Å²) in [6, 6.07) is 6.08. The number of carbonyl (C=O) groups is 3. The Morgan fingerprint density at radius 3 is 2.70 bits per heavy atom. The van der Waals surface area contributed by atoms with Gasteiger partial charge in [-0.2, -0.15) is 12.6 Å². The molecule has 1 heterocycles. The third-order valence-electron chi connectivity index (χ3n) is 4.15. The largest absolute Gasteiger partial charge is 0.480 e. The van der Waals surface area contributed by atoms with Crippen molar-refractivity contribution in [1.82, 2.24) is 15.6 Å². The van der Waals surface area contributed by atoms with Crippen molar-refractivity contribution in [1.29, 1.82) is 0 Å². The summed E-state index contributed by atoms with van der Waals surface area (Å²) < 4.78 is 0. The maximum absolute atomic E-state index is 12.1. The van der Waals surface area contributed by atoms with Gasteiger partial charge in [-0.1, -0.05) is 18.2 Å². The van der Waals surface area contributed by atoms with Crippen molar-refractivity contribution in [3.8, 4) is 0 Å². The van der Waals surface area contributed by atoms with Crippen molar-refractivity contribution in [2.24, 2.45) is 5.73 Å². The van der Waals surface area contributed by atoms with Gasteiger partial charge in [0.2, 0.25) is 11.8 Å². The molecule has 2 amide bonds. The first-order valence-electron chi connectivity index (χ1n) is 8.63. The third kappa shape index (κ3) is 6.00. The van der Waals surface area contributed by atoms with Crippen LogP contribution in [0.3, 0.4) is 0 Å². The van der Waals surface area contributed by atoms with Gasteiger partial charge < -0.3 is 26.5 Å². The lowest BCUT2D eigenvalue weighted by molar-refractivity contribution is -0.141. The molecule has 0 spiro atoms. The van der Waals surface area contributed by atoms with E-state index >= 15 is 0 Å². The number of para-hydroxylation sites is 1. The fourth-order valence-corrected chi connectivity index (χ4v) is 2.92. The molecule has 27 heavy (non-hydrogen) atoms. The van der Waals surface area contributed by atoms with E-state index in [0.717, 1.165) is 16.5 Å². The van der Waals surface area contributed by atoms with Gasteiger partial charge in [-0.05, 0) is 24.5 Å². The molecule has 0 bridgehead atoms. The van der Waals surface area contributed by atoms with Gasteiger partial charge >= 0.3 is 5.97 Å². The molecule has 2 rings (SSSR count). The summed E-state index contributed by atoms with van der Waals surface area (Å²) in [6.07, 6.45) is 2.74. The van der Waals surface area contributed by atoms with Gasteiger partial charge in [-0.15, -0.1) is 0 Å². The first-order valence-corrected chi connectivity index (χ1v) is 9.27. The molecule has 0 saturated heterocycles. The van der Waals surface area contributed by atoms with Gasteiger partial charge in [0, 0.05) is 35.8 Å². The standard InChI is InChI=1S/C18H24N4O4S/c19-13(8-11-9-21-14-5-2-1-4-12(11)14)17(24)20-7-3-6-16(23)22-15(10-27)18(25)26/h1-2,4-5,9,13,15,21,27H,3,6-8,10,19H2,(H,20,24)(H,22,23)(H,25,26)/t13-,15-/m0/s1. The Kier molecular flexibility index (Phi) is 7.68. The van der Waals surface area contributed by atoms with Gasteiger partial charge in [0.15, 0.2) is 0 Å². The van der Waals surface area contributed by atoms with E-state index in [1.165, 1.54) is 0 Å². The molecule has 0 aliphatic rings. The average molecular weight is 392 g/mol. The van der Waals surface area contributed by atoms with Crippen LogP contribution in [0.2, 0.25) is 0 Å². The maximum atomic E-state index is 12.1. The fourth-order valence-electron chi connectivity index (χ4n) is 2.67. The Labute approximate surface area is 162 Å². The molecule has 9 heteroatoms. The Morgan fingerprint density at radius 1 is 1.26 bits per heavy atom. The molecule has 6 N–H and O–H groups in total. The number of aromatic amines is 1. The number of hydrogen-bond donors (Lipinski definition) is 6. The normalized spacial score (nSPS) is 13.1. The van der Waals surface area contributed by atoms with Crippen LogP contribution in [-0.2, 0) is 20.8 Å². The summed E-state index contributed by atoms with van der Waals surface area (Å²) in [6.45, 7) is 0.284. The minimum atomic E-state index is -1.13. The predicted molar refractivity (Wildman–Crippen MR) is 106 cm³/mol. The summed E-state index contributed by atoms with van der Waals surface area (Å²) in [5.41, 5.74) is 7.94. The van der Waals surface area contributed by atoms with E-state index in [1.54, 1.807) is 0 Å². The molecule has 8 nitrogen and oxygen atoms in total. The zero-order valence-electron chi connectivity index (χ0n) is 14.8. The fraction of sp³-hybridized carbons (Fsp3) is 0.389. The molecule has 0 radical (unpaired) electrons.